The van der Waals surface area contributed by atoms with Gasteiger partial charge in [0.25, 0.3) is 0 Å². The number of carbonyl (C=O) groups is 2. The number of thiazole rings is 1. The van der Waals surface area contributed by atoms with Gasteiger partial charge in [0, 0.05) is 24.5 Å². The lowest BCUT2D eigenvalue weighted by Crippen LogP contribution is -2.30. The first-order chi connectivity index (χ1) is 11.0. The molecule has 0 unspecified atom stereocenters. The van der Waals surface area contributed by atoms with E-state index < -0.39 is 12.0 Å². The van der Waals surface area contributed by atoms with Gasteiger partial charge in [-0.15, -0.1) is 11.3 Å². The van der Waals surface area contributed by atoms with Gasteiger partial charge in [-0.25, -0.2) is 9.37 Å². The summed E-state index contributed by atoms with van der Waals surface area (Å²) in [6, 6.07) is 5.51. The molecule has 0 spiro atoms. The molecule has 2 atom stereocenters. The SMILES string of the molecule is Cc1cnc(NC(=O)[C@@H]2CC(=O)N(C)[C@@H]2c2ccc(F)cc2)s1. The van der Waals surface area contributed by atoms with Crippen molar-refractivity contribution >= 4 is 28.3 Å². The van der Waals surface area contributed by atoms with Crippen LogP contribution in [0.15, 0.2) is 30.5 Å². The standard InChI is InChI=1S/C16H16FN3O2S/c1-9-8-18-16(23-9)19-15(22)12-7-13(21)20(2)14(12)10-3-5-11(17)6-4-10/h3-6,8,12,14H,7H2,1-2H3,(H,18,19,22)/t12-,14-/m1/s1. The second-order valence-electron chi connectivity index (χ2n) is 5.58. The monoisotopic (exact) mass is 333 g/mol. The predicted molar refractivity (Wildman–Crippen MR) is 85.5 cm³/mol. The molecule has 0 bridgehead atoms. The molecular formula is C16H16FN3O2S. The number of amides is 2. The number of aromatic nitrogens is 1. The zero-order valence-electron chi connectivity index (χ0n) is 12.7. The Bertz CT molecular complexity index is 744. The molecule has 1 aliphatic heterocycles. The van der Waals surface area contributed by atoms with Gasteiger partial charge in [-0.05, 0) is 24.6 Å². The number of rotatable bonds is 3. The van der Waals surface area contributed by atoms with Gasteiger partial charge >= 0.3 is 0 Å². The van der Waals surface area contributed by atoms with Crippen molar-refractivity contribution in [3.63, 3.8) is 0 Å². The van der Waals surface area contributed by atoms with E-state index in [1.54, 1.807) is 30.3 Å². The Kier molecular flexibility index (Phi) is 4.12. The average Bonchev–Trinajstić information content (AvgIpc) is 3.05. The maximum Gasteiger partial charge on any atom is 0.232 e. The molecule has 1 N–H and O–H groups in total. The Balaban J connectivity index is 1.85. The highest BCUT2D eigenvalue weighted by atomic mass is 32.1. The van der Waals surface area contributed by atoms with E-state index in [0.29, 0.717) is 5.13 Å². The lowest BCUT2D eigenvalue weighted by atomic mass is 9.93. The zero-order chi connectivity index (χ0) is 16.6. The van der Waals surface area contributed by atoms with Gasteiger partial charge in [-0.1, -0.05) is 12.1 Å². The molecule has 3 rings (SSSR count). The number of likely N-dealkylation sites (tertiary alicyclic amines) is 1. The topological polar surface area (TPSA) is 62.3 Å². The van der Waals surface area contributed by atoms with E-state index in [-0.39, 0.29) is 24.1 Å². The summed E-state index contributed by atoms with van der Waals surface area (Å²) in [6.45, 7) is 1.90. The Morgan fingerprint density at radius 2 is 2.09 bits per heavy atom. The molecule has 2 amide bonds. The summed E-state index contributed by atoms with van der Waals surface area (Å²) in [4.78, 5) is 31.3. The number of nitrogens with one attached hydrogen (secondary N) is 1. The summed E-state index contributed by atoms with van der Waals surface area (Å²) in [6.07, 6.45) is 1.82. The largest absolute Gasteiger partial charge is 0.338 e. The molecule has 0 aliphatic carbocycles. The fraction of sp³-hybridized carbons (Fsp3) is 0.312. The quantitative estimate of drug-likeness (QED) is 0.939. The Morgan fingerprint density at radius 1 is 1.39 bits per heavy atom. The van der Waals surface area contributed by atoms with E-state index in [1.165, 1.54) is 23.5 Å². The van der Waals surface area contributed by atoms with Crippen molar-refractivity contribution in [3.05, 3.63) is 46.7 Å². The van der Waals surface area contributed by atoms with E-state index in [0.717, 1.165) is 10.4 Å². The van der Waals surface area contributed by atoms with Gasteiger partial charge in [-0.2, -0.15) is 0 Å². The van der Waals surface area contributed by atoms with Crippen molar-refractivity contribution in [3.8, 4) is 0 Å². The zero-order valence-corrected chi connectivity index (χ0v) is 13.6. The first-order valence-corrected chi connectivity index (χ1v) is 8.02. The smallest absolute Gasteiger partial charge is 0.232 e. The van der Waals surface area contributed by atoms with Gasteiger partial charge < -0.3 is 10.2 Å². The van der Waals surface area contributed by atoms with E-state index >= 15 is 0 Å². The Hall–Kier alpha value is -2.28. The number of hydrogen-bond donors (Lipinski definition) is 1. The number of anilines is 1. The highest BCUT2D eigenvalue weighted by Gasteiger charge is 2.42. The molecule has 0 radical (unpaired) electrons. The summed E-state index contributed by atoms with van der Waals surface area (Å²) in [5.41, 5.74) is 0.746. The summed E-state index contributed by atoms with van der Waals surface area (Å²) in [7, 11) is 1.66. The number of hydrogen-bond acceptors (Lipinski definition) is 4. The second kappa shape index (κ2) is 6.08. The molecule has 5 nitrogen and oxygen atoms in total. The highest BCUT2D eigenvalue weighted by Crippen LogP contribution is 2.37. The minimum absolute atomic E-state index is 0.102. The lowest BCUT2D eigenvalue weighted by molar-refractivity contribution is -0.127. The fourth-order valence-electron chi connectivity index (χ4n) is 2.83. The third-order valence-electron chi connectivity index (χ3n) is 3.99. The lowest BCUT2D eigenvalue weighted by Gasteiger charge is -2.24. The predicted octanol–water partition coefficient (Wildman–Crippen LogP) is 2.75. The van der Waals surface area contributed by atoms with Crippen LogP contribution >= 0.6 is 11.3 Å². The van der Waals surface area contributed by atoms with Crippen LogP contribution < -0.4 is 5.32 Å². The minimum atomic E-state index is -0.526. The van der Waals surface area contributed by atoms with Gasteiger partial charge in [0.2, 0.25) is 11.8 Å². The summed E-state index contributed by atoms with van der Waals surface area (Å²) in [5, 5.41) is 3.29. The number of carbonyl (C=O) groups excluding carboxylic acids is 2. The van der Waals surface area contributed by atoms with Crippen LogP contribution in [0.3, 0.4) is 0 Å². The molecule has 23 heavy (non-hydrogen) atoms. The third-order valence-corrected chi connectivity index (χ3v) is 4.81. The van der Waals surface area contributed by atoms with Crippen LogP contribution in [0.5, 0.6) is 0 Å². The first kappa shape index (κ1) is 15.6. The maximum absolute atomic E-state index is 13.1. The highest BCUT2D eigenvalue weighted by molar-refractivity contribution is 7.15. The Labute approximate surface area is 137 Å². The molecule has 1 aromatic carbocycles. The van der Waals surface area contributed by atoms with Crippen molar-refractivity contribution in [1.82, 2.24) is 9.88 Å². The molecular weight excluding hydrogens is 317 g/mol. The second-order valence-corrected chi connectivity index (χ2v) is 6.81. The normalized spacial score (nSPS) is 20.8. The van der Waals surface area contributed by atoms with E-state index in [2.05, 4.69) is 10.3 Å². The van der Waals surface area contributed by atoms with E-state index in [9.17, 15) is 14.0 Å². The molecule has 2 aromatic rings. The van der Waals surface area contributed by atoms with Crippen molar-refractivity contribution in [1.29, 1.82) is 0 Å². The molecule has 0 saturated carbocycles. The van der Waals surface area contributed by atoms with Crippen molar-refractivity contribution in [2.45, 2.75) is 19.4 Å². The molecule has 1 fully saturated rings. The van der Waals surface area contributed by atoms with Crippen LogP contribution in [0.25, 0.3) is 0 Å². The van der Waals surface area contributed by atoms with Crippen molar-refractivity contribution in [2.75, 3.05) is 12.4 Å². The molecule has 2 heterocycles. The van der Waals surface area contributed by atoms with Gasteiger partial charge in [-0.3, -0.25) is 9.59 Å². The molecule has 7 heteroatoms. The van der Waals surface area contributed by atoms with Crippen LogP contribution in [0, 0.1) is 18.7 Å². The summed E-state index contributed by atoms with van der Waals surface area (Å²) >= 11 is 1.38. The van der Waals surface area contributed by atoms with Crippen LogP contribution in [-0.2, 0) is 9.59 Å². The Morgan fingerprint density at radius 3 is 2.70 bits per heavy atom. The first-order valence-electron chi connectivity index (χ1n) is 7.20. The summed E-state index contributed by atoms with van der Waals surface area (Å²) < 4.78 is 13.1. The van der Waals surface area contributed by atoms with Gasteiger partial charge in [0.05, 0.1) is 12.0 Å². The fourth-order valence-corrected chi connectivity index (χ4v) is 3.50. The van der Waals surface area contributed by atoms with Gasteiger partial charge in [0.1, 0.15) is 5.82 Å². The molecule has 1 aromatic heterocycles. The van der Waals surface area contributed by atoms with Crippen molar-refractivity contribution in [2.24, 2.45) is 5.92 Å². The van der Waals surface area contributed by atoms with Crippen LogP contribution in [0.1, 0.15) is 22.9 Å². The number of aryl methyl sites for hydroxylation is 1. The van der Waals surface area contributed by atoms with Crippen molar-refractivity contribution < 1.29 is 14.0 Å². The number of benzene rings is 1. The maximum atomic E-state index is 13.1. The van der Waals surface area contributed by atoms with Gasteiger partial charge in [0.15, 0.2) is 5.13 Å². The molecule has 1 saturated heterocycles. The third kappa shape index (κ3) is 3.10. The number of nitrogens with zero attached hydrogens (tertiary/aromatic N) is 2. The molecule has 1 aliphatic rings. The molecule has 120 valence electrons. The van der Waals surface area contributed by atoms with E-state index in [1.807, 2.05) is 6.92 Å². The minimum Gasteiger partial charge on any atom is -0.338 e. The van der Waals surface area contributed by atoms with E-state index in [4.69, 9.17) is 0 Å². The van der Waals surface area contributed by atoms with Crippen LogP contribution in [0.4, 0.5) is 9.52 Å². The number of halogens is 1. The average molecular weight is 333 g/mol. The van der Waals surface area contributed by atoms with Crippen LogP contribution in [-0.4, -0.2) is 28.7 Å². The summed E-state index contributed by atoms with van der Waals surface area (Å²) in [5.74, 6) is -1.22. The van der Waals surface area contributed by atoms with Crippen LogP contribution in [0.2, 0.25) is 0 Å².